The van der Waals surface area contributed by atoms with Crippen molar-refractivity contribution in [2.45, 2.75) is 57.6 Å². The van der Waals surface area contributed by atoms with Crippen LogP contribution in [0.5, 0.6) is 0 Å². The molecule has 1 atom stereocenters. The van der Waals surface area contributed by atoms with Gasteiger partial charge in [0.1, 0.15) is 11.6 Å². The molecule has 0 spiro atoms. The van der Waals surface area contributed by atoms with Crippen molar-refractivity contribution in [3.05, 3.63) is 0 Å². The van der Waals surface area contributed by atoms with Gasteiger partial charge in [-0.1, -0.05) is 6.92 Å². The third-order valence-electron chi connectivity index (χ3n) is 3.12. The van der Waals surface area contributed by atoms with E-state index in [2.05, 4.69) is 5.32 Å². The molecular formula is C12H19F6NO2. The van der Waals surface area contributed by atoms with Crippen LogP contribution in [0.1, 0.15) is 33.6 Å². The Kier molecular flexibility index (Phi) is 6.52. The molecule has 0 aromatic heterocycles. The van der Waals surface area contributed by atoms with E-state index in [4.69, 9.17) is 4.74 Å². The van der Waals surface area contributed by atoms with Gasteiger partial charge in [0, 0.05) is 0 Å². The van der Waals surface area contributed by atoms with Gasteiger partial charge in [-0.2, -0.15) is 26.3 Å². The zero-order chi connectivity index (χ0) is 17.1. The zero-order valence-electron chi connectivity index (χ0n) is 12.2. The first kappa shape index (κ1) is 20.0. The second-order valence-corrected chi connectivity index (χ2v) is 5.25. The summed E-state index contributed by atoms with van der Waals surface area (Å²) in [6.45, 7) is 4.71. The van der Waals surface area contributed by atoms with E-state index in [-0.39, 0.29) is 0 Å². The van der Waals surface area contributed by atoms with Crippen LogP contribution in [0.15, 0.2) is 0 Å². The molecule has 0 fully saturated rings. The van der Waals surface area contributed by atoms with Crippen molar-refractivity contribution in [2.24, 2.45) is 5.92 Å². The molecule has 0 saturated heterocycles. The first-order chi connectivity index (χ1) is 9.24. The maximum absolute atomic E-state index is 12.5. The van der Waals surface area contributed by atoms with E-state index < -0.39 is 42.3 Å². The summed E-state index contributed by atoms with van der Waals surface area (Å²) in [6.07, 6.45) is -12.0. The number of ether oxygens (including phenoxy) is 1. The highest BCUT2D eigenvalue weighted by Crippen LogP contribution is 2.42. The van der Waals surface area contributed by atoms with Gasteiger partial charge in [0.05, 0.1) is 0 Å². The topological polar surface area (TPSA) is 38.3 Å². The molecular weight excluding hydrogens is 304 g/mol. The van der Waals surface area contributed by atoms with Crippen molar-refractivity contribution < 1.29 is 35.9 Å². The largest absolute Gasteiger partial charge is 0.459 e. The number of alkyl halides is 6. The summed E-state index contributed by atoms with van der Waals surface area (Å²) in [5.74, 6) is -4.72. The summed E-state index contributed by atoms with van der Waals surface area (Å²) in [6, 6.07) is -1.69. The van der Waals surface area contributed by atoms with Gasteiger partial charge in [-0.05, 0) is 33.7 Å². The van der Waals surface area contributed by atoms with Crippen LogP contribution < -0.4 is 5.32 Å². The molecule has 21 heavy (non-hydrogen) atoms. The summed E-state index contributed by atoms with van der Waals surface area (Å²) in [7, 11) is 1.11. The lowest BCUT2D eigenvalue weighted by Gasteiger charge is -2.29. The number of carbonyl (C=O) groups excluding carboxylic acids is 1. The SMILES string of the molecule is CCC(C)(C)OC(=O)C(CC(C(F)(F)F)C(F)(F)F)NC. The summed E-state index contributed by atoms with van der Waals surface area (Å²) >= 11 is 0. The van der Waals surface area contributed by atoms with Crippen LogP contribution >= 0.6 is 0 Å². The number of likely N-dealkylation sites (N-methyl/N-ethyl adjacent to an activating group) is 1. The van der Waals surface area contributed by atoms with Crippen molar-refractivity contribution >= 4 is 5.97 Å². The fourth-order valence-electron chi connectivity index (χ4n) is 1.44. The predicted octanol–water partition coefficient (Wildman–Crippen LogP) is 3.44. The van der Waals surface area contributed by atoms with Crippen LogP contribution in [0.3, 0.4) is 0 Å². The van der Waals surface area contributed by atoms with Gasteiger partial charge in [0.25, 0.3) is 0 Å². The van der Waals surface area contributed by atoms with Crippen molar-refractivity contribution in [1.29, 1.82) is 0 Å². The summed E-state index contributed by atoms with van der Waals surface area (Å²) < 4.78 is 79.8. The van der Waals surface area contributed by atoms with Crippen molar-refractivity contribution in [1.82, 2.24) is 5.32 Å². The standard InChI is InChI=1S/C12H19F6NO2/c1-5-10(2,3)21-9(20)7(19-4)6-8(11(13,14)15)12(16,17)18/h7-8,19H,5-6H2,1-4H3. The van der Waals surface area contributed by atoms with E-state index in [0.29, 0.717) is 6.42 Å². The van der Waals surface area contributed by atoms with Crippen LogP contribution in [0.25, 0.3) is 0 Å². The van der Waals surface area contributed by atoms with E-state index >= 15 is 0 Å². The van der Waals surface area contributed by atoms with Crippen LogP contribution in [-0.2, 0) is 9.53 Å². The van der Waals surface area contributed by atoms with Crippen molar-refractivity contribution in [2.75, 3.05) is 7.05 Å². The normalized spacial score (nSPS) is 15.2. The third kappa shape index (κ3) is 6.54. The third-order valence-corrected chi connectivity index (χ3v) is 3.12. The number of halogens is 6. The van der Waals surface area contributed by atoms with E-state index in [1.54, 1.807) is 6.92 Å². The molecule has 0 aliphatic carbocycles. The lowest BCUT2D eigenvalue weighted by molar-refractivity contribution is -0.286. The molecule has 1 unspecified atom stereocenters. The Morgan fingerprint density at radius 2 is 1.52 bits per heavy atom. The van der Waals surface area contributed by atoms with E-state index in [0.717, 1.165) is 7.05 Å². The summed E-state index contributed by atoms with van der Waals surface area (Å²) in [4.78, 5) is 11.7. The van der Waals surface area contributed by atoms with Crippen molar-refractivity contribution in [3.63, 3.8) is 0 Å². The minimum absolute atomic E-state index is 0.372. The molecule has 0 aromatic carbocycles. The monoisotopic (exact) mass is 323 g/mol. The lowest BCUT2D eigenvalue weighted by atomic mass is 9.98. The molecule has 9 heteroatoms. The quantitative estimate of drug-likeness (QED) is 0.601. The Morgan fingerprint density at radius 3 is 1.81 bits per heavy atom. The van der Waals surface area contributed by atoms with Gasteiger partial charge in [0.15, 0.2) is 5.92 Å². The predicted molar refractivity (Wildman–Crippen MR) is 63.5 cm³/mol. The van der Waals surface area contributed by atoms with Gasteiger partial charge in [-0.25, -0.2) is 0 Å². The summed E-state index contributed by atoms with van der Waals surface area (Å²) in [5.41, 5.74) is -0.960. The van der Waals surface area contributed by atoms with E-state index in [9.17, 15) is 31.1 Å². The zero-order valence-corrected chi connectivity index (χ0v) is 12.2. The number of carbonyl (C=O) groups is 1. The highest BCUT2D eigenvalue weighted by molar-refractivity contribution is 5.76. The maximum atomic E-state index is 12.5. The number of nitrogens with one attached hydrogen (secondary N) is 1. The average Bonchev–Trinajstić information content (AvgIpc) is 2.25. The number of hydrogen-bond donors (Lipinski definition) is 1. The van der Waals surface area contributed by atoms with Gasteiger partial charge in [-0.3, -0.25) is 4.79 Å². The molecule has 0 aromatic rings. The van der Waals surface area contributed by atoms with Gasteiger partial charge < -0.3 is 10.1 Å². The highest BCUT2D eigenvalue weighted by atomic mass is 19.4. The Hall–Kier alpha value is -0.990. The van der Waals surface area contributed by atoms with Crippen LogP contribution in [0.4, 0.5) is 26.3 Å². The summed E-state index contributed by atoms with van der Waals surface area (Å²) in [5, 5.41) is 2.15. The molecule has 0 aliphatic rings. The van der Waals surface area contributed by atoms with E-state index in [1.165, 1.54) is 13.8 Å². The molecule has 0 radical (unpaired) electrons. The minimum atomic E-state index is -5.48. The first-order valence-corrected chi connectivity index (χ1v) is 6.28. The van der Waals surface area contributed by atoms with E-state index in [1.807, 2.05) is 0 Å². The molecule has 126 valence electrons. The molecule has 0 saturated carbocycles. The van der Waals surface area contributed by atoms with Gasteiger partial charge >= 0.3 is 18.3 Å². The molecule has 1 N–H and O–H groups in total. The number of rotatable bonds is 6. The molecule has 0 heterocycles. The van der Waals surface area contributed by atoms with Crippen LogP contribution in [0, 0.1) is 5.92 Å². The number of esters is 1. The maximum Gasteiger partial charge on any atom is 0.400 e. The Labute approximate surface area is 119 Å². The smallest absolute Gasteiger partial charge is 0.400 e. The highest BCUT2D eigenvalue weighted by Gasteiger charge is 2.57. The van der Waals surface area contributed by atoms with Crippen molar-refractivity contribution in [3.8, 4) is 0 Å². The lowest BCUT2D eigenvalue weighted by Crippen LogP contribution is -2.46. The average molecular weight is 323 g/mol. The molecule has 0 bridgehead atoms. The fraction of sp³-hybridized carbons (Fsp3) is 0.917. The Morgan fingerprint density at radius 1 is 1.10 bits per heavy atom. The Balaban J connectivity index is 5.08. The first-order valence-electron chi connectivity index (χ1n) is 6.28. The minimum Gasteiger partial charge on any atom is -0.459 e. The number of hydrogen-bond acceptors (Lipinski definition) is 3. The molecule has 0 rings (SSSR count). The van der Waals surface area contributed by atoms with Crippen LogP contribution in [-0.4, -0.2) is 37.0 Å². The second kappa shape index (κ2) is 6.85. The van der Waals surface area contributed by atoms with Gasteiger partial charge in [-0.15, -0.1) is 0 Å². The van der Waals surface area contributed by atoms with Gasteiger partial charge in [0.2, 0.25) is 0 Å². The fourth-order valence-corrected chi connectivity index (χ4v) is 1.44. The Bertz CT molecular complexity index is 337. The second-order valence-electron chi connectivity index (χ2n) is 5.25. The molecule has 3 nitrogen and oxygen atoms in total. The van der Waals surface area contributed by atoms with Crippen LogP contribution in [0.2, 0.25) is 0 Å². The molecule has 0 aliphatic heterocycles. The molecule has 0 amide bonds.